The number of fused-ring (bicyclic) bond motifs is 1. The van der Waals surface area contributed by atoms with E-state index >= 15 is 0 Å². The molecule has 12 heteroatoms. The third kappa shape index (κ3) is 3.80. The van der Waals surface area contributed by atoms with E-state index in [4.69, 9.17) is 15.7 Å². The topological polar surface area (TPSA) is 158 Å². The monoisotopic (exact) mass is 478 g/mol. The summed E-state index contributed by atoms with van der Waals surface area (Å²) in [6, 6.07) is 4.02. The van der Waals surface area contributed by atoms with Gasteiger partial charge < -0.3 is 20.7 Å². The zero-order valence-corrected chi connectivity index (χ0v) is 18.9. The highest BCUT2D eigenvalue weighted by Crippen LogP contribution is 2.26. The molecule has 11 nitrogen and oxygen atoms in total. The quantitative estimate of drug-likeness (QED) is 0.322. The molecule has 4 aromatic rings. The van der Waals surface area contributed by atoms with Crippen LogP contribution >= 0.6 is 11.3 Å². The number of imidazole rings is 1. The van der Waals surface area contributed by atoms with Crippen LogP contribution in [0.15, 0.2) is 33.5 Å². The first-order valence-corrected chi connectivity index (χ1v) is 11.9. The number of amides is 1. The van der Waals surface area contributed by atoms with Crippen LogP contribution in [0.2, 0.25) is 0 Å². The zero-order valence-electron chi connectivity index (χ0n) is 18.1. The SMILES string of the molecule is NC1CCN(C(=O)c2cc(-c3cc(=NC4CC4)n4ncc(=Cc5[nH]c(=O)[nH]c5O)c4n3)cs2)C1. The second-order valence-electron chi connectivity index (χ2n) is 8.68. The lowest BCUT2D eigenvalue weighted by atomic mass is 10.2. The Hall–Kier alpha value is -3.77. The molecule has 6 rings (SSSR count). The van der Waals surface area contributed by atoms with Gasteiger partial charge in [-0.3, -0.25) is 14.8 Å². The van der Waals surface area contributed by atoms with Crippen LogP contribution in [-0.4, -0.2) is 65.7 Å². The van der Waals surface area contributed by atoms with Gasteiger partial charge in [0.25, 0.3) is 5.91 Å². The molecule has 1 aliphatic heterocycles. The molecule has 5 N–H and O–H groups in total. The van der Waals surface area contributed by atoms with Crippen molar-refractivity contribution < 1.29 is 9.90 Å². The van der Waals surface area contributed by atoms with Crippen LogP contribution in [0.5, 0.6) is 5.88 Å². The number of aromatic amines is 2. The van der Waals surface area contributed by atoms with E-state index in [0.29, 0.717) is 40.0 Å². The number of carbonyl (C=O) groups excluding carboxylic acids is 1. The number of carbonyl (C=O) groups is 1. The molecule has 1 unspecified atom stereocenters. The van der Waals surface area contributed by atoms with Crippen molar-refractivity contribution in [1.29, 1.82) is 0 Å². The normalized spacial score (nSPS) is 19.6. The van der Waals surface area contributed by atoms with E-state index in [-0.39, 0.29) is 29.6 Å². The Balaban J connectivity index is 1.46. The number of rotatable bonds is 4. The van der Waals surface area contributed by atoms with Crippen molar-refractivity contribution in [3.05, 3.63) is 55.5 Å². The highest BCUT2D eigenvalue weighted by molar-refractivity contribution is 7.12. The minimum Gasteiger partial charge on any atom is -0.493 e. The summed E-state index contributed by atoms with van der Waals surface area (Å²) < 4.78 is 1.65. The molecule has 1 aliphatic carbocycles. The zero-order chi connectivity index (χ0) is 23.4. The van der Waals surface area contributed by atoms with E-state index in [1.54, 1.807) is 21.7 Å². The molecule has 0 spiro atoms. The van der Waals surface area contributed by atoms with Crippen LogP contribution in [0, 0.1) is 0 Å². The standard InChI is InChI=1S/C22H22N8O3S/c23-13-3-4-29(9-13)21(32)17-6-12(10-34-17)15-7-18(25-14-1-2-14)30-19(26-15)11(8-24-30)5-16-20(31)28-22(33)27-16/h5-8,10,13-14,31H,1-4,9,23H2,(H2,27,28,33). The van der Waals surface area contributed by atoms with Gasteiger partial charge in [-0.05, 0) is 31.4 Å². The number of hydrogen-bond acceptors (Lipinski definition) is 8. The summed E-state index contributed by atoms with van der Waals surface area (Å²) in [5, 5.41) is 16.9. The van der Waals surface area contributed by atoms with E-state index in [0.717, 1.165) is 24.8 Å². The first kappa shape index (κ1) is 20.8. The first-order chi connectivity index (χ1) is 16.4. The number of nitrogens with two attached hydrogens (primary N) is 1. The number of aromatic hydroxyl groups is 1. The predicted molar refractivity (Wildman–Crippen MR) is 125 cm³/mol. The molecule has 0 radical (unpaired) electrons. The lowest BCUT2D eigenvalue weighted by Crippen LogP contribution is -2.31. The second-order valence-corrected chi connectivity index (χ2v) is 9.59. The summed E-state index contributed by atoms with van der Waals surface area (Å²) in [7, 11) is 0. The molecule has 0 aromatic carbocycles. The number of nitrogens with zero attached hydrogens (tertiary/aromatic N) is 5. The summed E-state index contributed by atoms with van der Waals surface area (Å²) in [5.74, 6) is -0.274. The lowest BCUT2D eigenvalue weighted by molar-refractivity contribution is 0.0795. The molecular formula is C22H22N8O3S. The fourth-order valence-electron chi connectivity index (χ4n) is 4.05. The van der Waals surface area contributed by atoms with Crippen LogP contribution in [-0.2, 0) is 0 Å². The number of H-pyrrole nitrogens is 2. The van der Waals surface area contributed by atoms with Gasteiger partial charge in [-0.1, -0.05) is 0 Å². The second kappa shape index (κ2) is 7.92. The van der Waals surface area contributed by atoms with Crippen LogP contribution in [0.3, 0.4) is 0 Å². The smallest absolute Gasteiger partial charge is 0.326 e. The Morgan fingerprint density at radius 2 is 2.15 bits per heavy atom. The Morgan fingerprint density at radius 1 is 1.29 bits per heavy atom. The fourth-order valence-corrected chi connectivity index (χ4v) is 4.92. The highest BCUT2D eigenvalue weighted by Gasteiger charge is 2.26. The Bertz CT molecular complexity index is 1590. The number of thiophene rings is 1. The predicted octanol–water partition coefficient (Wildman–Crippen LogP) is -0.0362. The van der Waals surface area contributed by atoms with Crippen LogP contribution in [0.25, 0.3) is 23.0 Å². The van der Waals surface area contributed by atoms with Gasteiger partial charge in [0, 0.05) is 41.4 Å². The van der Waals surface area contributed by atoms with Gasteiger partial charge in [0.15, 0.2) is 11.1 Å². The van der Waals surface area contributed by atoms with Crippen molar-refractivity contribution in [3.8, 4) is 17.1 Å². The van der Waals surface area contributed by atoms with Gasteiger partial charge in [-0.2, -0.15) is 9.61 Å². The highest BCUT2D eigenvalue weighted by atomic mass is 32.1. The van der Waals surface area contributed by atoms with E-state index in [2.05, 4.69) is 15.1 Å². The average Bonchev–Trinajstić information content (AvgIpc) is 3.18. The molecule has 2 aliphatic rings. The average molecular weight is 479 g/mol. The van der Waals surface area contributed by atoms with Gasteiger partial charge in [0.2, 0.25) is 5.88 Å². The summed E-state index contributed by atoms with van der Waals surface area (Å²) in [6.07, 6.45) is 6.10. The van der Waals surface area contributed by atoms with Crippen LogP contribution < -0.4 is 22.1 Å². The number of hydrogen-bond donors (Lipinski definition) is 4. The van der Waals surface area contributed by atoms with Crippen molar-refractivity contribution in [1.82, 2.24) is 29.5 Å². The third-order valence-corrected chi connectivity index (χ3v) is 6.91. The maximum atomic E-state index is 12.9. The van der Waals surface area contributed by atoms with Gasteiger partial charge in [-0.25, -0.2) is 9.78 Å². The van der Waals surface area contributed by atoms with Crippen LogP contribution in [0.1, 0.15) is 34.6 Å². The van der Waals surface area contributed by atoms with E-state index in [9.17, 15) is 14.7 Å². The van der Waals surface area contributed by atoms with E-state index in [1.807, 2.05) is 17.5 Å². The number of nitrogens with one attached hydrogen (secondary N) is 2. The van der Waals surface area contributed by atoms with Crippen molar-refractivity contribution in [3.63, 3.8) is 0 Å². The third-order valence-electron chi connectivity index (χ3n) is 6.00. The number of aromatic nitrogens is 5. The molecule has 1 amide bonds. The minimum absolute atomic E-state index is 0.0153. The van der Waals surface area contributed by atoms with Crippen molar-refractivity contribution in [2.24, 2.45) is 10.7 Å². The first-order valence-electron chi connectivity index (χ1n) is 11.0. The van der Waals surface area contributed by atoms with Gasteiger partial charge >= 0.3 is 5.69 Å². The minimum atomic E-state index is -0.507. The fraction of sp³-hybridized carbons (Fsp3) is 0.318. The van der Waals surface area contributed by atoms with Crippen molar-refractivity contribution in [2.75, 3.05) is 13.1 Å². The molecular weight excluding hydrogens is 456 g/mol. The van der Waals surface area contributed by atoms with E-state index in [1.165, 1.54) is 11.3 Å². The molecule has 1 saturated heterocycles. The Morgan fingerprint density at radius 3 is 2.85 bits per heavy atom. The van der Waals surface area contributed by atoms with Crippen LogP contribution in [0.4, 0.5) is 0 Å². The maximum absolute atomic E-state index is 12.9. The molecule has 4 aromatic heterocycles. The van der Waals surface area contributed by atoms with E-state index < -0.39 is 5.69 Å². The van der Waals surface area contributed by atoms with Crippen molar-refractivity contribution in [2.45, 2.75) is 31.3 Å². The molecule has 0 bridgehead atoms. The lowest BCUT2D eigenvalue weighted by Gasteiger charge is -2.14. The summed E-state index contributed by atoms with van der Waals surface area (Å²) in [4.78, 5) is 41.3. The summed E-state index contributed by atoms with van der Waals surface area (Å²) in [6.45, 7) is 1.24. The molecule has 1 atom stereocenters. The molecule has 34 heavy (non-hydrogen) atoms. The largest absolute Gasteiger partial charge is 0.493 e. The Labute approximate surface area is 196 Å². The van der Waals surface area contributed by atoms with Gasteiger partial charge in [0.1, 0.15) is 5.69 Å². The molecule has 1 saturated carbocycles. The number of likely N-dealkylation sites (tertiary alicyclic amines) is 1. The van der Waals surface area contributed by atoms with Crippen molar-refractivity contribution >= 4 is 29.0 Å². The van der Waals surface area contributed by atoms with Gasteiger partial charge in [-0.15, -0.1) is 11.3 Å². The molecule has 174 valence electrons. The van der Waals surface area contributed by atoms with Gasteiger partial charge in [0.05, 0.1) is 22.8 Å². The maximum Gasteiger partial charge on any atom is 0.326 e. The summed E-state index contributed by atoms with van der Waals surface area (Å²) >= 11 is 1.38. The Kier molecular flexibility index (Phi) is 4.85. The summed E-state index contributed by atoms with van der Waals surface area (Å²) in [5.41, 5.74) is 8.37. The molecule has 5 heterocycles. The molecule has 2 fully saturated rings.